The van der Waals surface area contributed by atoms with Gasteiger partial charge in [0.15, 0.2) is 0 Å². The van der Waals surface area contributed by atoms with E-state index in [0.717, 1.165) is 31.2 Å². The van der Waals surface area contributed by atoms with Crippen LogP contribution in [0.5, 0.6) is 0 Å². The van der Waals surface area contributed by atoms with Gasteiger partial charge in [-0.15, -0.1) is 0 Å². The number of hydrogen-bond donors (Lipinski definition) is 3. The molecule has 0 radical (unpaired) electrons. The molecule has 2 amide bonds. The number of nitrogens with two attached hydrogens (primary N) is 1. The van der Waals surface area contributed by atoms with E-state index in [9.17, 15) is 14.7 Å². The molecule has 2 rings (SSSR count). The summed E-state index contributed by atoms with van der Waals surface area (Å²) in [4.78, 5) is 22.8. The van der Waals surface area contributed by atoms with Crippen molar-refractivity contribution in [2.75, 3.05) is 0 Å². The van der Waals surface area contributed by atoms with Crippen LogP contribution in [0.3, 0.4) is 0 Å². The van der Waals surface area contributed by atoms with E-state index in [4.69, 9.17) is 5.73 Å². The zero-order valence-corrected chi connectivity index (χ0v) is 11.8. The average molecular weight is 288 g/mol. The molecule has 0 unspecified atom stereocenters. The van der Waals surface area contributed by atoms with E-state index in [1.54, 1.807) is 30.3 Å². The van der Waals surface area contributed by atoms with Crippen LogP contribution in [-0.2, 0) is 4.79 Å². The van der Waals surface area contributed by atoms with E-state index in [1.807, 2.05) is 0 Å². The second-order valence-corrected chi connectivity index (χ2v) is 5.29. The molecule has 0 aromatic heterocycles. The molecule has 1 saturated carbocycles. The van der Waals surface area contributed by atoms with Crippen LogP contribution >= 0.6 is 0 Å². The van der Waals surface area contributed by atoms with Crippen LogP contribution in [0.15, 0.2) is 30.3 Å². The Bertz CT molecular complexity index is 537. The summed E-state index contributed by atoms with van der Waals surface area (Å²) in [6, 6.07) is 6.52. The summed E-state index contributed by atoms with van der Waals surface area (Å²) in [5.74, 6) is -0.700. The zero-order chi connectivity index (χ0) is 15.2. The summed E-state index contributed by atoms with van der Waals surface area (Å²) in [5.41, 5.74) is 6.40. The third-order valence-corrected chi connectivity index (χ3v) is 3.68. The fourth-order valence-electron chi connectivity index (χ4n) is 2.44. The Kier molecular flexibility index (Phi) is 5.11. The number of carbonyl (C=O) groups excluding carboxylic acids is 2. The summed E-state index contributed by atoms with van der Waals surface area (Å²) >= 11 is 0. The molecular formula is C16H20N2O3. The number of rotatable bonds is 4. The fourth-order valence-corrected chi connectivity index (χ4v) is 2.44. The Morgan fingerprint density at radius 1 is 1.19 bits per heavy atom. The van der Waals surface area contributed by atoms with Crippen molar-refractivity contribution in [3.05, 3.63) is 41.5 Å². The smallest absolute Gasteiger partial charge is 0.248 e. The SMILES string of the molecule is NC(=O)c1ccc(/C=C/C(=O)N[C@@H]2CCCC[C@H]2O)cc1. The quantitative estimate of drug-likeness (QED) is 0.727. The number of carbonyl (C=O) groups is 2. The first-order chi connectivity index (χ1) is 10.1. The lowest BCUT2D eigenvalue weighted by atomic mass is 9.92. The molecule has 1 aliphatic carbocycles. The number of hydrogen-bond acceptors (Lipinski definition) is 3. The van der Waals surface area contributed by atoms with Gasteiger partial charge in [0.05, 0.1) is 12.1 Å². The van der Waals surface area contributed by atoms with Crippen LogP contribution in [0.1, 0.15) is 41.6 Å². The minimum Gasteiger partial charge on any atom is -0.391 e. The van der Waals surface area contributed by atoms with Gasteiger partial charge < -0.3 is 16.2 Å². The van der Waals surface area contributed by atoms with Gasteiger partial charge in [-0.2, -0.15) is 0 Å². The highest BCUT2D eigenvalue weighted by Crippen LogP contribution is 2.18. The van der Waals surface area contributed by atoms with Crippen molar-refractivity contribution in [1.29, 1.82) is 0 Å². The first-order valence-electron chi connectivity index (χ1n) is 7.13. The molecule has 0 heterocycles. The molecule has 1 aliphatic rings. The minimum atomic E-state index is -0.477. The Morgan fingerprint density at radius 2 is 1.86 bits per heavy atom. The fraction of sp³-hybridized carbons (Fsp3) is 0.375. The van der Waals surface area contributed by atoms with E-state index >= 15 is 0 Å². The molecule has 0 spiro atoms. The molecule has 5 heteroatoms. The predicted molar refractivity (Wildman–Crippen MR) is 80.4 cm³/mol. The molecule has 1 aromatic rings. The molecular weight excluding hydrogens is 268 g/mol. The summed E-state index contributed by atoms with van der Waals surface area (Å²) in [5, 5.41) is 12.6. The lowest BCUT2D eigenvalue weighted by Gasteiger charge is -2.27. The van der Waals surface area contributed by atoms with E-state index in [-0.39, 0.29) is 11.9 Å². The average Bonchev–Trinajstić information content (AvgIpc) is 2.48. The van der Waals surface area contributed by atoms with Crippen molar-refractivity contribution in [2.45, 2.75) is 37.8 Å². The van der Waals surface area contributed by atoms with Crippen molar-refractivity contribution in [2.24, 2.45) is 5.73 Å². The van der Waals surface area contributed by atoms with Gasteiger partial charge in [0.1, 0.15) is 0 Å². The number of amides is 2. The maximum Gasteiger partial charge on any atom is 0.248 e. The van der Waals surface area contributed by atoms with Gasteiger partial charge in [-0.25, -0.2) is 0 Å². The number of aliphatic hydroxyl groups is 1. The van der Waals surface area contributed by atoms with Gasteiger partial charge in [0.25, 0.3) is 0 Å². The molecule has 21 heavy (non-hydrogen) atoms. The molecule has 2 atom stereocenters. The van der Waals surface area contributed by atoms with E-state index in [2.05, 4.69) is 5.32 Å². The highest BCUT2D eigenvalue weighted by Gasteiger charge is 2.23. The normalized spacial score (nSPS) is 22.1. The zero-order valence-electron chi connectivity index (χ0n) is 11.8. The van der Waals surface area contributed by atoms with Crippen LogP contribution in [-0.4, -0.2) is 29.1 Å². The number of aliphatic hydroxyl groups excluding tert-OH is 1. The predicted octanol–water partition coefficient (Wildman–Crippen LogP) is 1.22. The third kappa shape index (κ3) is 4.43. The van der Waals surface area contributed by atoms with Gasteiger partial charge in [0.2, 0.25) is 11.8 Å². The molecule has 112 valence electrons. The topological polar surface area (TPSA) is 92.4 Å². The van der Waals surface area contributed by atoms with Crippen molar-refractivity contribution in [3.63, 3.8) is 0 Å². The maximum atomic E-state index is 11.8. The minimum absolute atomic E-state index is 0.159. The van der Waals surface area contributed by atoms with Crippen molar-refractivity contribution in [3.8, 4) is 0 Å². The molecule has 1 fully saturated rings. The standard InChI is InChI=1S/C16H20N2O3/c17-16(21)12-8-5-11(6-9-12)7-10-15(20)18-13-3-1-2-4-14(13)19/h5-10,13-14,19H,1-4H2,(H2,17,21)(H,18,20)/b10-7+/t13-,14-/m1/s1. The summed E-state index contributed by atoms with van der Waals surface area (Å²) in [6.45, 7) is 0. The third-order valence-electron chi connectivity index (χ3n) is 3.68. The van der Waals surface area contributed by atoms with Crippen LogP contribution in [0.4, 0.5) is 0 Å². The van der Waals surface area contributed by atoms with Gasteiger partial charge in [-0.05, 0) is 36.6 Å². The van der Waals surface area contributed by atoms with Crippen LogP contribution in [0, 0.1) is 0 Å². The maximum absolute atomic E-state index is 11.8. The summed E-state index contributed by atoms with van der Waals surface area (Å²) in [6.07, 6.45) is 6.23. The van der Waals surface area contributed by atoms with Crippen molar-refractivity contribution < 1.29 is 14.7 Å². The molecule has 0 saturated heterocycles. The summed E-state index contributed by atoms with van der Waals surface area (Å²) in [7, 11) is 0. The molecule has 0 bridgehead atoms. The van der Waals surface area contributed by atoms with E-state index < -0.39 is 12.0 Å². The number of nitrogens with one attached hydrogen (secondary N) is 1. The first kappa shape index (κ1) is 15.3. The Morgan fingerprint density at radius 3 is 2.48 bits per heavy atom. The van der Waals surface area contributed by atoms with Gasteiger partial charge in [0, 0.05) is 11.6 Å². The Hall–Kier alpha value is -2.14. The number of primary amides is 1. The van der Waals surface area contributed by atoms with Gasteiger partial charge in [-0.3, -0.25) is 9.59 Å². The second-order valence-electron chi connectivity index (χ2n) is 5.29. The Labute approximate surface area is 123 Å². The second kappa shape index (κ2) is 7.04. The van der Waals surface area contributed by atoms with E-state index in [0.29, 0.717) is 5.56 Å². The van der Waals surface area contributed by atoms with Crippen molar-refractivity contribution >= 4 is 17.9 Å². The molecule has 1 aromatic carbocycles. The molecule has 0 aliphatic heterocycles. The molecule has 4 N–H and O–H groups in total. The monoisotopic (exact) mass is 288 g/mol. The lowest BCUT2D eigenvalue weighted by molar-refractivity contribution is -0.118. The summed E-state index contributed by atoms with van der Waals surface area (Å²) < 4.78 is 0. The largest absolute Gasteiger partial charge is 0.391 e. The highest BCUT2D eigenvalue weighted by molar-refractivity contribution is 5.94. The number of benzene rings is 1. The first-order valence-corrected chi connectivity index (χ1v) is 7.13. The highest BCUT2D eigenvalue weighted by atomic mass is 16.3. The Balaban J connectivity index is 1.90. The van der Waals surface area contributed by atoms with E-state index in [1.165, 1.54) is 6.08 Å². The van der Waals surface area contributed by atoms with Crippen molar-refractivity contribution in [1.82, 2.24) is 5.32 Å². The van der Waals surface area contributed by atoms with Crippen LogP contribution in [0.2, 0.25) is 0 Å². The van der Waals surface area contributed by atoms with Crippen LogP contribution in [0.25, 0.3) is 6.08 Å². The lowest BCUT2D eigenvalue weighted by Crippen LogP contribution is -2.44. The molecule has 5 nitrogen and oxygen atoms in total. The van der Waals surface area contributed by atoms with Crippen LogP contribution < -0.4 is 11.1 Å². The van der Waals surface area contributed by atoms with Gasteiger partial charge >= 0.3 is 0 Å². The van der Waals surface area contributed by atoms with Gasteiger partial charge in [-0.1, -0.05) is 25.0 Å².